The van der Waals surface area contributed by atoms with Gasteiger partial charge in [-0.1, -0.05) is 6.08 Å². The van der Waals surface area contributed by atoms with Crippen molar-refractivity contribution >= 4 is 11.5 Å². The molecule has 0 bridgehead atoms. The van der Waals surface area contributed by atoms with E-state index in [9.17, 15) is 10.1 Å². The Balaban J connectivity index is 3.11. The predicted octanol–water partition coefficient (Wildman–Crippen LogP) is 0.629. The molecule has 6 nitrogen and oxygen atoms in total. The summed E-state index contributed by atoms with van der Waals surface area (Å²) in [7, 11) is 0. The summed E-state index contributed by atoms with van der Waals surface area (Å²) in [6, 6.07) is 0. The highest BCUT2D eigenvalue weighted by Crippen LogP contribution is 2.22. The van der Waals surface area contributed by atoms with E-state index in [0.29, 0.717) is 12.1 Å². The van der Waals surface area contributed by atoms with Crippen molar-refractivity contribution in [2.24, 2.45) is 0 Å². The first-order valence-electron chi connectivity index (χ1n) is 3.24. The summed E-state index contributed by atoms with van der Waals surface area (Å²) in [4.78, 5) is 9.85. The van der Waals surface area contributed by atoms with E-state index in [0.717, 1.165) is 0 Å². The minimum Gasteiger partial charge on any atom is -0.378 e. The Morgan fingerprint density at radius 3 is 3.00 bits per heavy atom. The summed E-state index contributed by atoms with van der Waals surface area (Å²) in [5.74, 6) is -0.0168. The molecule has 0 radical (unpaired) electrons. The van der Waals surface area contributed by atoms with Gasteiger partial charge in [-0.2, -0.15) is 5.10 Å². The number of nitro groups is 1. The standard InChI is InChI=1S/C6H8N4O2/c1-2-3-4-5(10(11)12)6(7)9-8-4/h2H,1,3H2,(H3,7,8,9). The van der Waals surface area contributed by atoms with Gasteiger partial charge in [0.05, 0.1) is 4.92 Å². The molecule has 3 N–H and O–H groups in total. The minimum absolute atomic E-state index is 0.0168. The number of hydrogen-bond donors (Lipinski definition) is 2. The van der Waals surface area contributed by atoms with Gasteiger partial charge in [0, 0.05) is 6.42 Å². The predicted molar refractivity (Wildman–Crippen MR) is 43.6 cm³/mol. The van der Waals surface area contributed by atoms with Crippen molar-refractivity contribution in [2.45, 2.75) is 6.42 Å². The zero-order valence-corrected chi connectivity index (χ0v) is 6.28. The van der Waals surface area contributed by atoms with Crippen LogP contribution in [0.25, 0.3) is 0 Å². The molecular formula is C6H8N4O2. The number of nitrogens with zero attached hydrogens (tertiary/aromatic N) is 2. The normalized spacial score (nSPS) is 9.67. The topological polar surface area (TPSA) is 97.8 Å². The van der Waals surface area contributed by atoms with Crippen molar-refractivity contribution in [1.29, 1.82) is 0 Å². The Kier molecular flexibility index (Phi) is 2.09. The van der Waals surface area contributed by atoms with Crippen LogP contribution < -0.4 is 5.73 Å². The van der Waals surface area contributed by atoms with Gasteiger partial charge in [0.1, 0.15) is 5.69 Å². The van der Waals surface area contributed by atoms with Gasteiger partial charge in [-0.3, -0.25) is 15.2 Å². The molecular weight excluding hydrogens is 160 g/mol. The summed E-state index contributed by atoms with van der Waals surface area (Å²) in [5, 5.41) is 16.4. The van der Waals surface area contributed by atoms with Gasteiger partial charge in [-0.05, 0) is 0 Å². The maximum absolute atomic E-state index is 10.4. The fourth-order valence-electron chi connectivity index (χ4n) is 0.872. The molecule has 12 heavy (non-hydrogen) atoms. The van der Waals surface area contributed by atoms with Gasteiger partial charge in [0.15, 0.2) is 5.82 Å². The molecule has 0 saturated heterocycles. The first-order chi connectivity index (χ1) is 5.66. The number of H-pyrrole nitrogens is 1. The molecule has 6 heteroatoms. The third-order valence-electron chi connectivity index (χ3n) is 1.36. The van der Waals surface area contributed by atoms with Crippen molar-refractivity contribution < 1.29 is 4.92 Å². The van der Waals surface area contributed by atoms with Crippen molar-refractivity contribution in [3.63, 3.8) is 0 Å². The van der Waals surface area contributed by atoms with E-state index in [4.69, 9.17) is 5.73 Å². The van der Waals surface area contributed by atoms with E-state index in [1.165, 1.54) is 6.08 Å². The lowest BCUT2D eigenvalue weighted by Gasteiger charge is -1.89. The van der Waals surface area contributed by atoms with Crippen LogP contribution in [0.3, 0.4) is 0 Å². The Morgan fingerprint density at radius 1 is 1.83 bits per heavy atom. The van der Waals surface area contributed by atoms with Gasteiger partial charge >= 0.3 is 5.69 Å². The van der Waals surface area contributed by atoms with Crippen LogP contribution in [0.4, 0.5) is 11.5 Å². The second-order valence-electron chi connectivity index (χ2n) is 2.18. The second kappa shape index (κ2) is 3.04. The number of aromatic nitrogens is 2. The molecule has 0 aliphatic heterocycles. The van der Waals surface area contributed by atoms with Gasteiger partial charge in [-0.15, -0.1) is 6.58 Å². The van der Waals surface area contributed by atoms with E-state index in [1.807, 2.05) is 0 Å². The van der Waals surface area contributed by atoms with Crippen molar-refractivity contribution in [1.82, 2.24) is 10.2 Å². The molecule has 0 unspecified atom stereocenters. The van der Waals surface area contributed by atoms with Crippen molar-refractivity contribution in [3.05, 3.63) is 28.5 Å². The third-order valence-corrected chi connectivity index (χ3v) is 1.36. The maximum atomic E-state index is 10.4. The fraction of sp³-hybridized carbons (Fsp3) is 0.167. The molecule has 0 saturated carbocycles. The lowest BCUT2D eigenvalue weighted by atomic mass is 10.3. The van der Waals surface area contributed by atoms with Crippen LogP contribution in [-0.2, 0) is 6.42 Å². The van der Waals surface area contributed by atoms with Gasteiger partial charge < -0.3 is 5.73 Å². The second-order valence-corrected chi connectivity index (χ2v) is 2.18. The molecule has 0 aliphatic rings. The van der Waals surface area contributed by atoms with E-state index in [-0.39, 0.29) is 11.5 Å². The molecule has 1 aromatic heterocycles. The largest absolute Gasteiger partial charge is 0.378 e. The molecule has 1 rings (SSSR count). The molecule has 0 aromatic carbocycles. The number of allylic oxidation sites excluding steroid dienone is 1. The smallest absolute Gasteiger partial charge is 0.333 e. The number of aromatic amines is 1. The molecule has 1 heterocycles. The average Bonchev–Trinajstić information content (AvgIpc) is 2.32. The Hall–Kier alpha value is -1.85. The van der Waals surface area contributed by atoms with E-state index >= 15 is 0 Å². The maximum Gasteiger partial charge on any atom is 0.333 e. The highest BCUT2D eigenvalue weighted by Gasteiger charge is 2.20. The number of rotatable bonds is 3. The summed E-state index contributed by atoms with van der Waals surface area (Å²) >= 11 is 0. The van der Waals surface area contributed by atoms with Crippen LogP contribution >= 0.6 is 0 Å². The highest BCUT2D eigenvalue weighted by molar-refractivity contribution is 5.55. The summed E-state index contributed by atoms with van der Waals surface area (Å²) in [5.41, 5.74) is 5.43. The average molecular weight is 168 g/mol. The van der Waals surface area contributed by atoms with Gasteiger partial charge in [0.25, 0.3) is 0 Å². The fourth-order valence-corrected chi connectivity index (χ4v) is 0.872. The number of nitrogens with one attached hydrogen (secondary N) is 1. The number of nitrogen functional groups attached to an aromatic ring is 1. The van der Waals surface area contributed by atoms with Crippen LogP contribution in [0.2, 0.25) is 0 Å². The van der Waals surface area contributed by atoms with Crippen LogP contribution in [0, 0.1) is 10.1 Å². The number of hydrogen-bond acceptors (Lipinski definition) is 4. The van der Waals surface area contributed by atoms with Crippen LogP contribution in [0.1, 0.15) is 5.69 Å². The Bertz CT molecular complexity index is 317. The molecule has 0 spiro atoms. The molecule has 0 aliphatic carbocycles. The zero-order chi connectivity index (χ0) is 9.14. The third kappa shape index (κ3) is 1.26. The summed E-state index contributed by atoms with van der Waals surface area (Å²) in [6.07, 6.45) is 1.87. The summed E-state index contributed by atoms with van der Waals surface area (Å²) in [6.45, 7) is 3.45. The Morgan fingerprint density at radius 2 is 2.50 bits per heavy atom. The Labute approximate surface area is 68.2 Å². The zero-order valence-electron chi connectivity index (χ0n) is 6.28. The molecule has 0 fully saturated rings. The summed E-state index contributed by atoms with van der Waals surface area (Å²) < 4.78 is 0. The lowest BCUT2D eigenvalue weighted by Crippen LogP contribution is -1.95. The first kappa shape index (κ1) is 8.25. The monoisotopic (exact) mass is 168 g/mol. The van der Waals surface area contributed by atoms with Crippen LogP contribution in [0.15, 0.2) is 12.7 Å². The molecule has 0 atom stereocenters. The molecule has 64 valence electrons. The highest BCUT2D eigenvalue weighted by atomic mass is 16.6. The van der Waals surface area contributed by atoms with E-state index in [1.54, 1.807) is 0 Å². The van der Waals surface area contributed by atoms with Gasteiger partial charge in [0.2, 0.25) is 0 Å². The SMILES string of the molecule is C=CCc1n[nH]c(N)c1[N+](=O)[O-]. The quantitative estimate of drug-likeness (QED) is 0.393. The molecule has 1 aromatic rings. The minimum atomic E-state index is -0.558. The van der Waals surface area contributed by atoms with Crippen LogP contribution in [-0.4, -0.2) is 15.1 Å². The number of nitrogens with two attached hydrogens (primary N) is 1. The molecule has 0 amide bonds. The van der Waals surface area contributed by atoms with Crippen LogP contribution in [0.5, 0.6) is 0 Å². The number of anilines is 1. The van der Waals surface area contributed by atoms with E-state index < -0.39 is 4.92 Å². The van der Waals surface area contributed by atoms with Crippen molar-refractivity contribution in [3.8, 4) is 0 Å². The lowest BCUT2D eigenvalue weighted by molar-refractivity contribution is -0.384. The first-order valence-corrected chi connectivity index (χ1v) is 3.24. The van der Waals surface area contributed by atoms with E-state index in [2.05, 4.69) is 16.8 Å². The van der Waals surface area contributed by atoms with Gasteiger partial charge in [-0.25, -0.2) is 0 Å². The van der Waals surface area contributed by atoms with Crippen molar-refractivity contribution in [2.75, 3.05) is 5.73 Å².